The number of hydrogen-bond donors (Lipinski definition) is 0. The molecule has 0 aliphatic carbocycles. The molecule has 0 aliphatic heterocycles. The molecule has 4 nitrogen and oxygen atoms in total. The standard InChI is InChI=1S/C13H15FO4/c1-3-12(13(16)17-4-2)18-11-6-9(8-15)5-10(14)7-11/h5-8,12H,3-4H2,1-2H3. The molecule has 0 spiro atoms. The van der Waals surface area contributed by atoms with Gasteiger partial charge in [0.1, 0.15) is 17.9 Å². The Bertz CT molecular complexity index is 431. The first-order valence-electron chi connectivity index (χ1n) is 5.69. The third kappa shape index (κ3) is 3.84. The van der Waals surface area contributed by atoms with E-state index in [0.717, 1.165) is 12.1 Å². The molecule has 1 aromatic rings. The third-order valence-electron chi connectivity index (χ3n) is 2.23. The van der Waals surface area contributed by atoms with E-state index in [9.17, 15) is 14.0 Å². The van der Waals surface area contributed by atoms with E-state index in [1.54, 1.807) is 13.8 Å². The molecular formula is C13H15FO4. The molecule has 1 atom stereocenters. The minimum Gasteiger partial charge on any atom is -0.479 e. The van der Waals surface area contributed by atoms with Crippen LogP contribution in [-0.4, -0.2) is 25.0 Å². The molecule has 1 unspecified atom stereocenters. The third-order valence-corrected chi connectivity index (χ3v) is 2.23. The van der Waals surface area contributed by atoms with E-state index in [1.165, 1.54) is 6.07 Å². The Balaban J connectivity index is 2.84. The van der Waals surface area contributed by atoms with Crippen molar-refractivity contribution < 1.29 is 23.5 Å². The summed E-state index contributed by atoms with van der Waals surface area (Å²) in [6.45, 7) is 3.69. The van der Waals surface area contributed by atoms with Crippen LogP contribution in [0.25, 0.3) is 0 Å². The molecule has 0 aliphatic rings. The highest BCUT2D eigenvalue weighted by Crippen LogP contribution is 2.18. The van der Waals surface area contributed by atoms with E-state index in [4.69, 9.17) is 9.47 Å². The summed E-state index contributed by atoms with van der Waals surface area (Å²) in [5.74, 6) is -0.956. The van der Waals surface area contributed by atoms with E-state index < -0.39 is 17.9 Å². The highest BCUT2D eigenvalue weighted by molar-refractivity contribution is 5.76. The average molecular weight is 254 g/mol. The van der Waals surface area contributed by atoms with Gasteiger partial charge in [0, 0.05) is 11.6 Å². The maximum absolute atomic E-state index is 13.2. The first-order chi connectivity index (χ1) is 8.60. The molecule has 0 N–H and O–H groups in total. The Morgan fingerprint density at radius 3 is 2.67 bits per heavy atom. The lowest BCUT2D eigenvalue weighted by atomic mass is 10.2. The van der Waals surface area contributed by atoms with Crippen LogP contribution in [0, 0.1) is 5.82 Å². The van der Waals surface area contributed by atoms with Gasteiger partial charge in [-0.3, -0.25) is 4.79 Å². The summed E-state index contributed by atoms with van der Waals surface area (Å²) in [4.78, 5) is 22.1. The SMILES string of the molecule is CCOC(=O)C(CC)Oc1cc(F)cc(C=O)c1. The van der Waals surface area contributed by atoms with Crippen molar-refractivity contribution in [2.45, 2.75) is 26.4 Å². The lowest BCUT2D eigenvalue weighted by molar-refractivity contribution is -0.151. The number of ether oxygens (including phenoxy) is 2. The quantitative estimate of drug-likeness (QED) is 0.577. The summed E-state index contributed by atoms with van der Waals surface area (Å²) >= 11 is 0. The normalized spacial score (nSPS) is 11.7. The number of carbonyl (C=O) groups is 2. The highest BCUT2D eigenvalue weighted by atomic mass is 19.1. The Morgan fingerprint density at radius 1 is 1.39 bits per heavy atom. The van der Waals surface area contributed by atoms with Gasteiger partial charge < -0.3 is 9.47 Å². The van der Waals surface area contributed by atoms with Gasteiger partial charge in [-0.1, -0.05) is 6.92 Å². The number of esters is 1. The van der Waals surface area contributed by atoms with Crippen molar-refractivity contribution >= 4 is 12.3 Å². The number of hydrogen-bond acceptors (Lipinski definition) is 4. The first kappa shape index (κ1) is 14.2. The van der Waals surface area contributed by atoms with Gasteiger partial charge in [-0.2, -0.15) is 0 Å². The van der Waals surface area contributed by atoms with Crippen molar-refractivity contribution in [3.05, 3.63) is 29.6 Å². The van der Waals surface area contributed by atoms with Crippen molar-refractivity contribution in [1.82, 2.24) is 0 Å². The van der Waals surface area contributed by atoms with Crippen LogP contribution in [0.2, 0.25) is 0 Å². The van der Waals surface area contributed by atoms with Crippen LogP contribution < -0.4 is 4.74 Å². The zero-order valence-electron chi connectivity index (χ0n) is 10.3. The molecule has 0 bridgehead atoms. The van der Waals surface area contributed by atoms with Crippen LogP contribution in [0.1, 0.15) is 30.6 Å². The summed E-state index contributed by atoms with van der Waals surface area (Å²) in [6, 6.07) is 3.58. The Labute approximate surface area is 105 Å². The molecule has 18 heavy (non-hydrogen) atoms. The molecule has 0 radical (unpaired) electrons. The predicted molar refractivity (Wildman–Crippen MR) is 63.1 cm³/mol. The van der Waals surface area contributed by atoms with E-state index in [2.05, 4.69) is 0 Å². The van der Waals surface area contributed by atoms with Gasteiger partial charge in [0.15, 0.2) is 6.10 Å². The zero-order chi connectivity index (χ0) is 13.5. The van der Waals surface area contributed by atoms with Gasteiger partial charge in [0.25, 0.3) is 0 Å². The van der Waals surface area contributed by atoms with E-state index >= 15 is 0 Å². The van der Waals surface area contributed by atoms with Crippen LogP contribution >= 0.6 is 0 Å². The van der Waals surface area contributed by atoms with E-state index in [-0.39, 0.29) is 17.9 Å². The Morgan fingerprint density at radius 2 is 2.11 bits per heavy atom. The molecule has 1 aromatic carbocycles. The fourth-order valence-electron chi connectivity index (χ4n) is 1.42. The summed E-state index contributed by atoms with van der Waals surface area (Å²) in [7, 11) is 0. The topological polar surface area (TPSA) is 52.6 Å². The minimum atomic E-state index is -0.800. The minimum absolute atomic E-state index is 0.136. The van der Waals surface area contributed by atoms with Gasteiger partial charge in [0.05, 0.1) is 6.61 Å². The van der Waals surface area contributed by atoms with Gasteiger partial charge in [-0.15, -0.1) is 0 Å². The zero-order valence-corrected chi connectivity index (χ0v) is 10.3. The van der Waals surface area contributed by atoms with Crippen LogP contribution in [-0.2, 0) is 9.53 Å². The van der Waals surface area contributed by atoms with Gasteiger partial charge in [0.2, 0.25) is 0 Å². The second-order valence-electron chi connectivity index (χ2n) is 3.60. The fourth-order valence-corrected chi connectivity index (χ4v) is 1.42. The van der Waals surface area contributed by atoms with Crippen LogP contribution in [0.4, 0.5) is 4.39 Å². The lowest BCUT2D eigenvalue weighted by Gasteiger charge is -2.16. The van der Waals surface area contributed by atoms with Crippen LogP contribution in [0.3, 0.4) is 0 Å². The molecule has 0 fully saturated rings. The van der Waals surface area contributed by atoms with Gasteiger partial charge in [-0.05, 0) is 25.5 Å². The number of rotatable bonds is 6. The van der Waals surface area contributed by atoms with Crippen molar-refractivity contribution in [1.29, 1.82) is 0 Å². The molecule has 0 heterocycles. The Kier molecular flexibility index (Phi) is 5.30. The van der Waals surface area contributed by atoms with Crippen LogP contribution in [0.15, 0.2) is 18.2 Å². The molecule has 1 rings (SSSR count). The highest BCUT2D eigenvalue weighted by Gasteiger charge is 2.19. The molecule has 0 saturated heterocycles. The molecular weight excluding hydrogens is 239 g/mol. The molecule has 0 amide bonds. The van der Waals surface area contributed by atoms with Crippen molar-refractivity contribution in [2.24, 2.45) is 0 Å². The number of carbonyl (C=O) groups excluding carboxylic acids is 2. The summed E-state index contributed by atoms with van der Waals surface area (Å²) in [5.41, 5.74) is 0.156. The second-order valence-corrected chi connectivity index (χ2v) is 3.60. The van der Waals surface area contributed by atoms with E-state index in [0.29, 0.717) is 12.7 Å². The van der Waals surface area contributed by atoms with Crippen LogP contribution in [0.5, 0.6) is 5.75 Å². The number of aldehydes is 1. The summed E-state index contributed by atoms with van der Waals surface area (Å²) in [5, 5.41) is 0. The maximum atomic E-state index is 13.2. The Hall–Kier alpha value is -1.91. The monoisotopic (exact) mass is 254 g/mol. The lowest BCUT2D eigenvalue weighted by Crippen LogP contribution is -2.28. The van der Waals surface area contributed by atoms with Gasteiger partial charge >= 0.3 is 5.97 Å². The van der Waals surface area contributed by atoms with Crippen molar-refractivity contribution in [3.8, 4) is 5.75 Å². The molecule has 0 saturated carbocycles. The largest absolute Gasteiger partial charge is 0.479 e. The smallest absolute Gasteiger partial charge is 0.347 e. The molecule has 98 valence electrons. The molecule has 5 heteroatoms. The first-order valence-corrected chi connectivity index (χ1v) is 5.69. The second kappa shape index (κ2) is 6.74. The summed E-state index contributed by atoms with van der Waals surface area (Å²) in [6.07, 6.45) is 0.110. The van der Waals surface area contributed by atoms with Gasteiger partial charge in [-0.25, -0.2) is 9.18 Å². The van der Waals surface area contributed by atoms with Crippen molar-refractivity contribution in [3.63, 3.8) is 0 Å². The predicted octanol–water partition coefficient (Wildman–Crippen LogP) is 2.36. The van der Waals surface area contributed by atoms with Crippen molar-refractivity contribution in [2.75, 3.05) is 6.61 Å². The maximum Gasteiger partial charge on any atom is 0.347 e. The summed E-state index contributed by atoms with van der Waals surface area (Å²) < 4.78 is 23.3. The number of benzene rings is 1. The fraction of sp³-hybridized carbons (Fsp3) is 0.385. The average Bonchev–Trinajstić information content (AvgIpc) is 2.35. The molecule has 0 aromatic heterocycles. The number of halogens is 1. The van der Waals surface area contributed by atoms with E-state index in [1.807, 2.05) is 0 Å².